The highest BCUT2D eigenvalue weighted by molar-refractivity contribution is 5.28. The lowest BCUT2D eigenvalue weighted by Crippen LogP contribution is -2.30. The molecule has 1 aromatic rings. The Morgan fingerprint density at radius 1 is 1.44 bits per heavy atom. The molecule has 0 aromatic heterocycles. The maximum Gasteiger partial charge on any atom is 0.123 e. The highest BCUT2D eigenvalue weighted by Gasteiger charge is 2.37. The summed E-state index contributed by atoms with van der Waals surface area (Å²) in [6.45, 7) is 5.01. The van der Waals surface area contributed by atoms with Gasteiger partial charge in [0.1, 0.15) is 5.82 Å². The van der Waals surface area contributed by atoms with Crippen LogP contribution in [0.2, 0.25) is 0 Å². The highest BCUT2D eigenvalue weighted by atomic mass is 19.1. The maximum absolute atomic E-state index is 13.1. The Bertz CT molecular complexity index is 416. The van der Waals surface area contributed by atoms with E-state index in [0.717, 1.165) is 24.4 Å². The zero-order valence-corrected chi connectivity index (χ0v) is 11.5. The Morgan fingerprint density at radius 3 is 2.78 bits per heavy atom. The van der Waals surface area contributed by atoms with Gasteiger partial charge in [0.05, 0.1) is 0 Å². The Morgan fingerprint density at radius 2 is 2.22 bits per heavy atom. The number of halogens is 1. The fourth-order valence-corrected chi connectivity index (χ4v) is 3.36. The molecule has 0 aliphatic heterocycles. The van der Waals surface area contributed by atoms with E-state index in [9.17, 15) is 4.39 Å². The van der Waals surface area contributed by atoms with E-state index in [1.807, 2.05) is 13.0 Å². The van der Waals surface area contributed by atoms with Crippen LogP contribution in [0.25, 0.3) is 0 Å². The van der Waals surface area contributed by atoms with Crippen LogP contribution in [0.3, 0.4) is 0 Å². The van der Waals surface area contributed by atoms with Crippen LogP contribution in [-0.2, 0) is 6.42 Å². The fraction of sp³-hybridized carbons (Fsp3) is 0.625. The van der Waals surface area contributed by atoms with Crippen molar-refractivity contribution < 1.29 is 4.39 Å². The van der Waals surface area contributed by atoms with Gasteiger partial charge in [-0.05, 0) is 73.7 Å². The monoisotopic (exact) mass is 249 g/mol. The van der Waals surface area contributed by atoms with E-state index >= 15 is 0 Å². The van der Waals surface area contributed by atoms with Crippen molar-refractivity contribution in [2.75, 3.05) is 6.54 Å². The molecule has 2 heteroatoms. The van der Waals surface area contributed by atoms with Gasteiger partial charge in [-0.25, -0.2) is 4.39 Å². The van der Waals surface area contributed by atoms with Crippen molar-refractivity contribution in [3.63, 3.8) is 0 Å². The van der Waals surface area contributed by atoms with Crippen molar-refractivity contribution >= 4 is 0 Å². The Hall–Kier alpha value is -0.890. The van der Waals surface area contributed by atoms with Crippen LogP contribution in [-0.4, -0.2) is 6.54 Å². The average molecular weight is 249 g/mol. The Kier molecular flexibility index (Phi) is 4.06. The van der Waals surface area contributed by atoms with Gasteiger partial charge in [-0.15, -0.1) is 0 Å². The second kappa shape index (κ2) is 5.40. The van der Waals surface area contributed by atoms with Gasteiger partial charge in [0, 0.05) is 0 Å². The molecule has 0 heterocycles. The predicted molar refractivity (Wildman–Crippen MR) is 74.0 cm³/mol. The zero-order chi connectivity index (χ0) is 13.2. The minimum atomic E-state index is -0.143. The summed E-state index contributed by atoms with van der Waals surface area (Å²) in [5, 5.41) is 0. The summed E-state index contributed by atoms with van der Waals surface area (Å²) in [7, 11) is 0. The molecule has 2 atom stereocenters. The number of rotatable bonds is 4. The van der Waals surface area contributed by atoms with E-state index in [1.165, 1.54) is 31.2 Å². The molecule has 0 bridgehead atoms. The third-order valence-corrected chi connectivity index (χ3v) is 4.69. The SMILES string of the molecule is CCC1CCC(CN)(Cc2ccc(F)cc2C)C1. The summed E-state index contributed by atoms with van der Waals surface area (Å²) in [4.78, 5) is 0. The number of hydrogen-bond acceptors (Lipinski definition) is 1. The van der Waals surface area contributed by atoms with E-state index in [-0.39, 0.29) is 11.2 Å². The number of hydrogen-bond donors (Lipinski definition) is 1. The lowest BCUT2D eigenvalue weighted by Gasteiger charge is -2.28. The van der Waals surface area contributed by atoms with Crippen molar-refractivity contribution in [3.8, 4) is 0 Å². The Labute approximate surface area is 110 Å². The largest absolute Gasteiger partial charge is 0.330 e. The van der Waals surface area contributed by atoms with Crippen LogP contribution < -0.4 is 5.73 Å². The fourth-order valence-electron chi connectivity index (χ4n) is 3.36. The van der Waals surface area contributed by atoms with E-state index in [1.54, 1.807) is 12.1 Å². The average Bonchev–Trinajstić information content (AvgIpc) is 2.77. The summed E-state index contributed by atoms with van der Waals surface area (Å²) in [6.07, 6.45) is 6.01. The van der Waals surface area contributed by atoms with E-state index in [4.69, 9.17) is 5.73 Å². The second-order valence-electron chi connectivity index (χ2n) is 5.97. The van der Waals surface area contributed by atoms with E-state index in [2.05, 4.69) is 6.92 Å². The molecule has 1 nitrogen and oxygen atoms in total. The topological polar surface area (TPSA) is 26.0 Å². The van der Waals surface area contributed by atoms with Crippen molar-refractivity contribution in [1.82, 2.24) is 0 Å². The first kappa shape index (κ1) is 13.5. The standard InChI is InChI=1S/C16H24FN/c1-3-13-6-7-16(9-13,11-18)10-14-4-5-15(17)8-12(14)2/h4-5,8,13H,3,6-7,9-11,18H2,1-2H3. The second-order valence-corrected chi connectivity index (χ2v) is 5.97. The molecule has 0 saturated heterocycles. The van der Waals surface area contributed by atoms with Gasteiger partial charge in [0.25, 0.3) is 0 Å². The molecule has 1 aromatic carbocycles. The molecule has 1 fully saturated rings. The molecule has 0 amide bonds. The van der Waals surface area contributed by atoms with Crippen LogP contribution in [0.5, 0.6) is 0 Å². The van der Waals surface area contributed by atoms with Crippen molar-refractivity contribution in [2.24, 2.45) is 17.1 Å². The molecule has 0 radical (unpaired) electrons. The number of nitrogens with two attached hydrogens (primary N) is 1. The molecule has 18 heavy (non-hydrogen) atoms. The van der Waals surface area contributed by atoms with Gasteiger partial charge < -0.3 is 5.73 Å². The molecular formula is C16H24FN. The van der Waals surface area contributed by atoms with Crippen molar-refractivity contribution in [2.45, 2.75) is 46.0 Å². The van der Waals surface area contributed by atoms with Gasteiger partial charge >= 0.3 is 0 Å². The summed E-state index contributed by atoms with van der Waals surface area (Å²) in [5.41, 5.74) is 8.61. The molecule has 1 saturated carbocycles. The molecular weight excluding hydrogens is 225 g/mol. The van der Waals surface area contributed by atoms with Crippen LogP contribution in [0.4, 0.5) is 4.39 Å². The molecule has 2 rings (SSSR count). The molecule has 2 unspecified atom stereocenters. The number of benzene rings is 1. The first-order chi connectivity index (χ1) is 8.58. The predicted octanol–water partition coefficient (Wildman–Crippen LogP) is 3.83. The number of aryl methyl sites for hydroxylation is 1. The molecule has 100 valence electrons. The van der Waals surface area contributed by atoms with Crippen LogP contribution >= 0.6 is 0 Å². The summed E-state index contributed by atoms with van der Waals surface area (Å²) in [5.74, 6) is 0.685. The third-order valence-electron chi connectivity index (χ3n) is 4.69. The molecule has 1 aliphatic carbocycles. The van der Waals surface area contributed by atoms with Crippen molar-refractivity contribution in [3.05, 3.63) is 35.1 Å². The molecule has 1 aliphatic rings. The van der Waals surface area contributed by atoms with Gasteiger partial charge in [-0.1, -0.05) is 19.4 Å². The normalized spacial score (nSPS) is 27.7. The van der Waals surface area contributed by atoms with Crippen LogP contribution in [0, 0.1) is 24.1 Å². The van der Waals surface area contributed by atoms with Crippen LogP contribution in [0.1, 0.15) is 43.7 Å². The minimum Gasteiger partial charge on any atom is -0.330 e. The highest BCUT2D eigenvalue weighted by Crippen LogP contribution is 2.45. The first-order valence-electron chi connectivity index (χ1n) is 7.03. The summed E-state index contributed by atoms with van der Waals surface area (Å²) in [6, 6.07) is 5.13. The third kappa shape index (κ3) is 2.74. The Balaban J connectivity index is 2.16. The van der Waals surface area contributed by atoms with Gasteiger partial charge in [-0.2, -0.15) is 0 Å². The summed E-state index contributed by atoms with van der Waals surface area (Å²) < 4.78 is 13.1. The van der Waals surface area contributed by atoms with Gasteiger partial charge in [0.15, 0.2) is 0 Å². The smallest absolute Gasteiger partial charge is 0.123 e. The molecule has 0 spiro atoms. The zero-order valence-electron chi connectivity index (χ0n) is 11.5. The van der Waals surface area contributed by atoms with E-state index in [0.29, 0.717) is 0 Å². The first-order valence-corrected chi connectivity index (χ1v) is 7.03. The van der Waals surface area contributed by atoms with E-state index < -0.39 is 0 Å². The maximum atomic E-state index is 13.1. The summed E-state index contributed by atoms with van der Waals surface area (Å²) >= 11 is 0. The minimum absolute atomic E-state index is 0.143. The lowest BCUT2D eigenvalue weighted by atomic mass is 9.78. The quantitative estimate of drug-likeness (QED) is 0.862. The lowest BCUT2D eigenvalue weighted by molar-refractivity contribution is 0.290. The van der Waals surface area contributed by atoms with Gasteiger partial charge in [0.2, 0.25) is 0 Å². The van der Waals surface area contributed by atoms with Crippen LogP contribution in [0.15, 0.2) is 18.2 Å². The van der Waals surface area contributed by atoms with Crippen molar-refractivity contribution in [1.29, 1.82) is 0 Å². The molecule has 2 N–H and O–H groups in total. The van der Waals surface area contributed by atoms with Gasteiger partial charge in [-0.3, -0.25) is 0 Å².